The second kappa shape index (κ2) is 13.9. The third-order valence-electron chi connectivity index (χ3n) is 6.02. The Hall–Kier alpha value is -1.87. The van der Waals surface area contributed by atoms with Gasteiger partial charge in [-0.2, -0.15) is 0 Å². The quantitative estimate of drug-likeness (QED) is 0.108. The van der Waals surface area contributed by atoms with E-state index in [0.717, 1.165) is 0 Å². The Kier molecular flexibility index (Phi) is 11.6. The Morgan fingerprint density at radius 2 is 1.50 bits per heavy atom. The summed E-state index contributed by atoms with van der Waals surface area (Å²) < 4.78 is 27.5. The molecule has 5 N–H and O–H groups in total. The van der Waals surface area contributed by atoms with Gasteiger partial charge in [-0.15, -0.1) is 0 Å². The minimum atomic E-state index is -1.54. The standard InChI is InChI=1S/C21H36N2O11/c1-11-14(22-9-24)16(27)17(28)21(33-11)34-19-15(23-10-25)12(2)32-20(18(19)29)31-8-6-4-5-7-13(26)30-3/h9-12,14-21,27-29H,4-8H2,1-3H3,(H,22,24)(H,23,25)/t11?,12?,14-,15-,16?,17-,18-,19?,20+,21-/m1/s1. The normalized spacial score (nSPS) is 38.1. The molecule has 0 saturated carbocycles. The molecule has 2 rings (SSSR count). The zero-order valence-electron chi connectivity index (χ0n) is 19.6. The van der Waals surface area contributed by atoms with Crippen LogP contribution in [0.3, 0.4) is 0 Å². The Labute approximate surface area is 198 Å². The highest BCUT2D eigenvalue weighted by molar-refractivity contribution is 5.68. The molecule has 2 amide bonds. The van der Waals surface area contributed by atoms with Gasteiger partial charge in [-0.05, 0) is 26.7 Å². The van der Waals surface area contributed by atoms with E-state index in [9.17, 15) is 29.7 Å². The van der Waals surface area contributed by atoms with Crippen LogP contribution in [-0.2, 0) is 38.1 Å². The van der Waals surface area contributed by atoms with E-state index in [4.69, 9.17) is 18.9 Å². The first kappa shape index (κ1) is 28.4. The summed E-state index contributed by atoms with van der Waals surface area (Å²) in [6.07, 6.45) is -6.07. The second-order valence-electron chi connectivity index (χ2n) is 8.37. The summed E-state index contributed by atoms with van der Waals surface area (Å²) in [6.45, 7) is 3.49. The van der Waals surface area contributed by atoms with E-state index in [1.54, 1.807) is 13.8 Å². The number of aliphatic hydroxyl groups excluding tert-OH is 3. The number of hydrogen-bond acceptors (Lipinski definition) is 11. The van der Waals surface area contributed by atoms with Crippen LogP contribution < -0.4 is 10.6 Å². The van der Waals surface area contributed by atoms with Gasteiger partial charge in [0.25, 0.3) is 0 Å². The fraction of sp³-hybridized carbons (Fsp3) is 0.857. The van der Waals surface area contributed by atoms with Crippen molar-refractivity contribution in [2.45, 2.75) is 101 Å². The Balaban J connectivity index is 1.99. The SMILES string of the molecule is COC(=O)CCCCCO[C@H]1OC(C)[C@@H](NC=O)C(O[C@H]2OC(C)[C@@H](NC=O)C(O)[C@H]2O)[C@H]1O. The molecule has 10 atom stereocenters. The Morgan fingerprint density at radius 3 is 2.15 bits per heavy atom. The number of carbonyl (C=O) groups is 3. The molecular formula is C21H36N2O11. The molecule has 34 heavy (non-hydrogen) atoms. The largest absolute Gasteiger partial charge is 0.469 e. The summed E-state index contributed by atoms with van der Waals surface area (Å²) in [5.41, 5.74) is 0. The topological polar surface area (TPSA) is 182 Å². The van der Waals surface area contributed by atoms with E-state index in [0.29, 0.717) is 38.5 Å². The maximum atomic E-state index is 11.2. The first-order valence-electron chi connectivity index (χ1n) is 11.3. The van der Waals surface area contributed by atoms with Crippen LogP contribution in [0.5, 0.6) is 0 Å². The van der Waals surface area contributed by atoms with Crippen LogP contribution in [0.2, 0.25) is 0 Å². The molecule has 2 saturated heterocycles. The second-order valence-corrected chi connectivity index (χ2v) is 8.37. The molecule has 2 heterocycles. The van der Waals surface area contributed by atoms with Crippen molar-refractivity contribution in [2.24, 2.45) is 0 Å². The summed E-state index contributed by atoms with van der Waals surface area (Å²) in [4.78, 5) is 33.1. The van der Waals surface area contributed by atoms with Gasteiger partial charge < -0.3 is 49.6 Å². The Bertz CT molecular complexity index is 654. The molecule has 4 unspecified atom stereocenters. The molecule has 13 nitrogen and oxygen atoms in total. The summed E-state index contributed by atoms with van der Waals surface area (Å²) >= 11 is 0. The number of nitrogens with one attached hydrogen (secondary N) is 2. The van der Waals surface area contributed by atoms with Crippen LogP contribution in [0.1, 0.15) is 39.5 Å². The van der Waals surface area contributed by atoms with E-state index < -0.39 is 61.3 Å². The van der Waals surface area contributed by atoms with E-state index in [-0.39, 0.29) is 12.6 Å². The van der Waals surface area contributed by atoms with Crippen LogP contribution in [-0.4, -0.2) is 109 Å². The van der Waals surface area contributed by atoms with Crippen molar-refractivity contribution in [1.29, 1.82) is 0 Å². The van der Waals surface area contributed by atoms with Gasteiger partial charge in [-0.3, -0.25) is 14.4 Å². The van der Waals surface area contributed by atoms with Crippen molar-refractivity contribution in [2.75, 3.05) is 13.7 Å². The number of methoxy groups -OCH3 is 1. The molecular weight excluding hydrogens is 456 g/mol. The van der Waals surface area contributed by atoms with Gasteiger partial charge in [0.2, 0.25) is 12.8 Å². The number of aliphatic hydroxyl groups is 3. The molecule has 0 aromatic rings. The van der Waals surface area contributed by atoms with Gasteiger partial charge in [-0.1, -0.05) is 6.42 Å². The Morgan fingerprint density at radius 1 is 0.882 bits per heavy atom. The molecule has 0 bridgehead atoms. The van der Waals surface area contributed by atoms with Gasteiger partial charge in [0, 0.05) is 13.0 Å². The molecule has 2 aliphatic heterocycles. The highest BCUT2D eigenvalue weighted by Crippen LogP contribution is 2.29. The predicted molar refractivity (Wildman–Crippen MR) is 114 cm³/mol. The van der Waals surface area contributed by atoms with Gasteiger partial charge in [0.05, 0.1) is 31.4 Å². The van der Waals surface area contributed by atoms with Crippen molar-refractivity contribution >= 4 is 18.8 Å². The maximum absolute atomic E-state index is 11.2. The highest BCUT2D eigenvalue weighted by atomic mass is 16.7. The zero-order valence-corrected chi connectivity index (χ0v) is 19.6. The lowest BCUT2D eigenvalue weighted by Crippen LogP contribution is -2.67. The summed E-state index contributed by atoms with van der Waals surface area (Å²) in [7, 11) is 1.33. The van der Waals surface area contributed by atoms with Crippen LogP contribution in [0.15, 0.2) is 0 Å². The minimum absolute atomic E-state index is 0.242. The third-order valence-corrected chi connectivity index (χ3v) is 6.02. The highest BCUT2D eigenvalue weighted by Gasteiger charge is 2.50. The molecule has 0 aromatic heterocycles. The first-order chi connectivity index (χ1) is 16.2. The van der Waals surface area contributed by atoms with E-state index in [1.807, 2.05) is 0 Å². The lowest BCUT2D eigenvalue weighted by atomic mass is 9.95. The number of hydrogen-bond donors (Lipinski definition) is 5. The van der Waals surface area contributed by atoms with Gasteiger partial charge in [0.15, 0.2) is 12.6 Å². The van der Waals surface area contributed by atoms with Crippen LogP contribution in [0, 0.1) is 0 Å². The fourth-order valence-electron chi connectivity index (χ4n) is 4.08. The van der Waals surface area contributed by atoms with Gasteiger partial charge >= 0.3 is 5.97 Å². The first-order valence-corrected chi connectivity index (χ1v) is 11.3. The summed E-state index contributed by atoms with van der Waals surface area (Å²) in [5, 5.41) is 36.7. The summed E-state index contributed by atoms with van der Waals surface area (Å²) in [5.74, 6) is -0.283. The monoisotopic (exact) mass is 492 g/mol. The average molecular weight is 493 g/mol. The molecule has 2 aliphatic rings. The predicted octanol–water partition coefficient (Wildman–Crippen LogP) is -2.08. The molecule has 0 aliphatic carbocycles. The fourth-order valence-corrected chi connectivity index (χ4v) is 4.08. The lowest BCUT2D eigenvalue weighted by molar-refractivity contribution is -0.332. The molecule has 0 radical (unpaired) electrons. The zero-order chi connectivity index (χ0) is 25.3. The van der Waals surface area contributed by atoms with Gasteiger partial charge in [-0.25, -0.2) is 0 Å². The molecule has 196 valence electrons. The molecule has 0 spiro atoms. The van der Waals surface area contributed by atoms with Crippen molar-refractivity contribution in [3.05, 3.63) is 0 Å². The van der Waals surface area contributed by atoms with Crippen LogP contribution in [0.25, 0.3) is 0 Å². The number of amides is 2. The van der Waals surface area contributed by atoms with Crippen molar-refractivity contribution < 1.29 is 53.4 Å². The summed E-state index contributed by atoms with van der Waals surface area (Å²) in [6, 6.07) is -1.66. The average Bonchev–Trinajstić information content (AvgIpc) is 2.81. The van der Waals surface area contributed by atoms with Crippen molar-refractivity contribution in [3.8, 4) is 0 Å². The smallest absolute Gasteiger partial charge is 0.305 e. The minimum Gasteiger partial charge on any atom is -0.469 e. The van der Waals surface area contributed by atoms with E-state index >= 15 is 0 Å². The van der Waals surface area contributed by atoms with Gasteiger partial charge in [0.1, 0.15) is 24.4 Å². The number of unbranched alkanes of at least 4 members (excludes halogenated alkanes) is 2. The maximum Gasteiger partial charge on any atom is 0.305 e. The van der Waals surface area contributed by atoms with E-state index in [1.165, 1.54) is 7.11 Å². The van der Waals surface area contributed by atoms with Crippen LogP contribution in [0.4, 0.5) is 0 Å². The lowest BCUT2D eigenvalue weighted by Gasteiger charge is -2.47. The number of rotatable bonds is 13. The third kappa shape index (κ3) is 7.31. The van der Waals surface area contributed by atoms with Crippen molar-refractivity contribution in [3.63, 3.8) is 0 Å². The number of esters is 1. The molecule has 2 fully saturated rings. The molecule has 0 aromatic carbocycles. The number of ether oxygens (including phenoxy) is 5. The van der Waals surface area contributed by atoms with Crippen LogP contribution >= 0.6 is 0 Å². The van der Waals surface area contributed by atoms with E-state index in [2.05, 4.69) is 15.4 Å². The van der Waals surface area contributed by atoms with Crippen molar-refractivity contribution in [1.82, 2.24) is 10.6 Å². The number of carbonyl (C=O) groups excluding carboxylic acids is 3. The molecule has 13 heteroatoms.